The molecule has 0 radical (unpaired) electrons. The average Bonchev–Trinajstić information content (AvgIpc) is 3.53. The number of aryl methyl sites for hydroxylation is 1. The molecule has 1 aliphatic rings. The molecule has 1 saturated heterocycles. The van der Waals surface area contributed by atoms with Crippen molar-refractivity contribution in [2.45, 2.75) is 19.8 Å². The molecule has 0 spiro atoms. The molecule has 1 fully saturated rings. The van der Waals surface area contributed by atoms with Crippen LogP contribution in [0.1, 0.15) is 28.8 Å². The van der Waals surface area contributed by atoms with Crippen LogP contribution in [0.3, 0.4) is 0 Å². The maximum absolute atomic E-state index is 12.8. The molecule has 0 unspecified atom stereocenters. The number of hydrogen-bond acceptors (Lipinski definition) is 7. The molecule has 37 heavy (non-hydrogen) atoms. The quantitative estimate of drug-likeness (QED) is 0.179. The van der Waals surface area contributed by atoms with Crippen LogP contribution in [0.2, 0.25) is 5.02 Å². The zero-order valence-electron chi connectivity index (χ0n) is 19.8. The largest absolute Gasteiger partial charge is 0.436 e. The molecule has 1 aromatic heterocycles. The lowest BCUT2D eigenvalue weighted by atomic mass is 10.1. The first-order chi connectivity index (χ1) is 17.8. The van der Waals surface area contributed by atoms with Gasteiger partial charge < -0.3 is 14.6 Å². The lowest BCUT2D eigenvalue weighted by molar-refractivity contribution is -0.384. The number of nitro groups is 1. The van der Waals surface area contributed by atoms with Crippen LogP contribution in [0.15, 0.2) is 59.0 Å². The fourth-order valence-corrected chi connectivity index (χ4v) is 4.81. The summed E-state index contributed by atoms with van der Waals surface area (Å²) in [6.45, 7) is 3.47. The molecular weight excluding hydrogens is 514 g/mol. The van der Waals surface area contributed by atoms with Crippen molar-refractivity contribution in [3.63, 3.8) is 0 Å². The number of nitrogens with zero attached hydrogens (tertiary/aromatic N) is 3. The number of aromatic nitrogens is 1. The summed E-state index contributed by atoms with van der Waals surface area (Å²) in [5, 5.41) is 17.7. The normalized spacial score (nSPS) is 13.1. The number of thiocarbonyl (C=S) groups is 1. The number of oxazole rings is 1. The van der Waals surface area contributed by atoms with Crippen molar-refractivity contribution in [1.29, 1.82) is 0 Å². The highest BCUT2D eigenvalue weighted by molar-refractivity contribution is 7.80. The van der Waals surface area contributed by atoms with E-state index in [4.69, 9.17) is 28.2 Å². The van der Waals surface area contributed by atoms with Crippen molar-refractivity contribution in [2.24, 2.45) is 0 Å². The Morgan fingerprint density at radius 1 is 1.14 bits per heavy atom. The number of fused-ring (bicyclic) bond motifs is 1. The third-order valence-electron chi connectivity index (χ3n) is 6.11. The number of rotatable bonds is 5. The van der Waals surface area contributed by atoms with Gasteiger partial charge in [0.2, 0.25) is 5.89 Å². The fraction of sp³-hybridized carbons (Fsp3) is 0.192. The third kappa shape index (κ3) is 5.25. The number of nitro benzene ring substituents is 1. The van der Waals surface area contributed by atoms with Gasteiger partial charge in [0.05, 0.1) is 15.5 Å². The number of anilines is 2. The van der Waals surface area contributed by atoms with Gasteiger partial charge in [-0.05, 0) is 80.0 Å². The van der Waals surface area contributed by atoms with Crippen LogP contribution in [-0.4, -0.2) is 34.0 Å². The minimum absolute atomic E-state index is 0.0425. The molecular formula is C26H22ClN5O4S. The average molecular weight is 536 g/mol. The fourth-order valence-electron chi connectivity index (χ4n) is 4.29. The Morgan fingerprint density at radius 2 is 1.92 bits per heavy atom. The number of carbonyl (C=O) groups is 1. The Labute approximate surface area is 222 Å². The predicted molar refractivity (Wildman–Crippen MR) is 147 cm³/mol. The zero-order chi connectivity index (χ0) is 26.1. The van der Waals surface area contributed by atoms with E-state index in [1.807, 2.05) is 30.0 Å². The van der Waals surface area contributed by atoms with Crippen molar-refractivity contribution in [3.8, 4) is 11.5 Å². The van der Waals surface area contributed by atoms with E-state index in [2.05, 4.69) is 15.6 Å². The molecule has 2 heterocycles. The minimum Gasteiger partial charge on any atom is -0.436 e. The van der Waals surface area contributed by atoms with Gasteiger partial charge in [-0.25, -0.2) is 4.98 Å². The Bertz CT molecular complexity index is 1550. The smallest absolute Gasteiger partial charge is 0.293 e. The van der Waals surface area contributed by atoms with Gasteiger partial charge in [-0.1, -0.05) is 17.7 Å². The third-order valence-corrected chi connectivity index (χ3v) is 6.63. The second-order valence-corrected chi connectivity index (χ2v) is 9.56. The first-order valence-electron chi connectivity index (χ1n) is 11.6. The van der Waals surface area contributed by atoms with E-state index < -0.39 is 10.8 Å². The molecule has 0 saturated carbocycles. The molecule has 11 heteroatoms. The first kappa shape index (κ1) is 24.7. The highest BCUT2D eigenvalue weighted by Gasteiger charge is 2.24. The van der Waals surface area contributed by atoms with Gasteiger partial charge in [0.15, 0.2) is 10.7 Å². The molecule has 1 aliphatic heterocycles. The molecule has 2 N–H and O–H groups in total. The maximum atomic E-state index is 12.8. The lowest BCUT2D eigenvalue weighted by Crippen LogP contribution is -2.34. The van der Waals surface area contributed by atoms with E-state index in [0.29, 0.717) is 39.0 Å². The second-order valence-electron chi connectivity index (χ2n) is 8.75. The molecule has 0 atom stereocenters. The van der Waals surface area contributed by atoms with Gasteiger partial charge in [0.1, 0.15) is 11.2 Å². The molecule has 1 amide bonds. The second kappa shape index (κ2) is 10.2. The number of amides is 1. The number of halogens is 1. The molecule has 188 valence electrons. The van der Waals surface area contributed by atoms with Crippen LogP contribution in [0.4, 0.5) is 17.1 Å². The van der Waals surface area contributed by atoms with Gasteiger partial charge in [-0.2, -0.15) is 0 Å². The Hall–Kier alpha value is -4.02. The maximum Gasteiger partial charge on any atom is 0.293 e. The summed E-state index contributed by atoms with van der Waals surface area (Å²) in [4.78, 5) is 30.4. The summed E-state index contributed by atoms with van der Waals surface area (Å²) in [7, 11) is 0. The summed E-state index contributed by atoms with van der Waals surface area (Å²) >= 11 is 11.6. The van der Waals surface area contributed by atoms with E-state index in [1.165, 1.54) is 6.07 Å². The van der Waals surface area contributed by atoms with Crippen molar-refractivity contribution in [1.82, 2.24) is 10.3 Å². The van der Waals surface area contributed by atoms with Crippen LogP contribution in [0.5, 0.6) is 0 Å². The molecule has 0 bridgehead atoms. The highest BCUT2D eigenvalue weighted by Crippen LogP contribution is 2.33. The van der Waals surface area contributed by atoms with Gasteiger partial charge in [0.25, 0.3) is 11.6 Å². The van der Waals surface area contributed by atoms with Gasteiger partial charge in [0, 0.05) is 30.4 Å². The lowest BCUT2D eigenvalue weighted by Gasteiger charge is -2.18. The molecule has 3 aromatic carbocycles. The van der Waals surface area contributed by atoms with Gasteiger partial charge in [-0.15, -0.1) is 0 Å². The number of nitrogens with one attached hydrogen (secondary N) is 2. The number of carbonyl (C=O) groups excluding carboxylic acids is 1. The monoisotopic (exact) mass is 535 g/mol. The van der Waals surface area contributed by atoms with Crippen molar-refractivity contribution >= 4 is 63.0 Å². The standard InChI is InChI=1S/C26H22ClN5O4S/c1-15-4-7-18(19(27)12-15)25-29-20-14-17(6-9-23(20)36-25)28-26(37)30-24(33)16-5-8-21(22(13-16)32(34)35)31-10-2-3-11-31/h4-9,12-14H,2-3,10-11H2,1H3,(H2,28,30,33,37). The van der Waals surface area contributed by atoms with Crippen LogP contribution in [-0.2, 0) is 0 Å². The molecule has 9 nitrogen and oxygen atoms in total. The van der Waals surface area contributed by atoms with Crippen molar-refractivity contribution < 1.29 is 14.1 Å². The van der Waals surface area contributed by atoms with Gasteiger partial charge in [-0.3, -0.25) is 20.2 Å². The summed E-state index contributed by atoms with van der Waals surface area (Å²) in [6, 6.07) is 15.3. The van der Waals surface area contributed by atoms with Crippen LogP contribution in [0, 0.1) is 17.0 Å². The Kier molecular flexibility index (Phi) is 6.77. The predicted octanol–water partition coefficient (Wildman–Crippen LogP) is 6.09. The molecule has 5 rings (SSSR count). The van der Waals surface area contributed by atoms with Crippen LogP contribution < -0.4 is 15.5 Å². The number of benzene rings is 3. The Balaban J connectivity index is 1.29. The summed E-state index contributed by atoms with van der Waals surface area (Å²) in [6.07, 6.45) is 1.97. The number of hydrogen-bond donors (Lipinski definition) is 2. The van der Waals surface area contributed by atoms with E-state index in [0.717, 1.165) is 31.5 Å². The SMILES string of the molecule is Cc1ccc(-c2nc3cc(NC(=S)NC(=O)c4ccc(N5CCCC5)c([N+](=O)[O-])c4)ccc3o2)c(Cl)c1. The van der Waals surface area contributed by atoms with E-state index in [1.54, 1.807) is 30.3 Å². The topological polar surface area (TPSA) is 114 Å². The first-order valence-corrected chi connectivity index (χ1v) is 12.4. The molecule has 4 aromatic rings. The van der Waals surface area contributed by atoms with E-state index in [-0.39, 0.29) is 16.4 Å². The zero-order valence-corrected chi connectivity index (χ0v) is 21.4. The van der Waals surface area contributed by atoms with Crippen LogP contribution in [0.25, 0.3) is 22.6 Å². The van der Waals surface area contributed by atoms with Crippen LogP contribution >= 0.6 is 23.8 Å². The van der Waals surface area contributed by atoms with E-state index >= 15 is 0 Å². The Morgan fingerprint density at radius 3 is 2.65 bits per heavy atom. The summed E-state index contributed by atoms with van der Waals surface area (Å²) in [5.74, 6) is -0.153. The van der Waals surface area contributed by atoms with E-state index in [9.17, 15) is 14.9 Å². The summed E-state index contributed by atoms with van der Waals surface area (Å²) < 4.78 is 5.85. The van der Waals surface area contributed by atoms with Crippen molar-refractivity contribution in [2.75, 3.05) is 23.3 Å². The summed E-state index contributed by atoms with van der Waals surface area (Å²) in [5.41, 5.74) is 4.01. The van der Waals surface area contributed by atoms with Crippen molar-refractivity contribution in [3.05, 3.63) is 80.9 Å². The molecule has 0 aliphatic carbocycles. The van der Waals surface area contributed by atoms with Gasteiger partial charge >= 0.3 is 0 Å². The minimum atomic E-state index is -0.549. The highest BCUT2D eigenvalue weighted by atomic mass is 35.5.